The molecule has 0 aromatic carbocycles. The molecule has 0 heterocycles. The maximum absolute atomic E-state index is 13.5. The van der Waals surface area contributed by atoms with E-state index in [0.717, 1.165) is 0 Å². The van der Waals surface area contributed by atoms with Crippen molar-refractivity contribution >= 4 is 94.6 Å². The predicted octanol–water partition coefficient (Wildman–Crippen LogP) is -4.89. The third-order valence-corrected chi connectivity index (χ3v) is 13.6. The van der Waals surface area contributed by atoms with Gasteiger partial charge in [-0.1, -0.05) is 0 Å². The van der Waals surface area contributed by atoms with Crippen molar-refractivity contribution in [3.63, 3.8) is 0 Å². The van der Waals surface area contributed by atoms with Gasteiger partial charge < -0.3 is 90.6 Å². The highest BCUT2D eigenvalue weighted by Crippen LogP contribution is 2.13. The summed E-state index contributed by atoms with van der Waals surface area (Å²) in [6, 6.07) is -9.83. The largest absolute Gasteiger partial charge is 0.480 e. The van der Waals surface area contributed by atoms with Crippen molar-refractivity contribution in [2.75, 3.05) is 0 Å². The van der Waals surface area contributed by atoms with Crippen LogP contribution >= 0.6 is 0 Å². The second-order valence-electron chi connectivity index (χ2n) is 26.4. The van der Waals surface area contributed by atoms with E-state index in [1.165, 1.54) is 166 Å². The molecule has 0 aromatic rings. The van der Waals surface area contributed by atoms with E-state index in [9.17, 15) is 81.8 Å². The molecule has 0 rings (SSSR count). The Labute approximate surface area is 519 Å². The Morgan fingerprint density at radius 3 is 0.461 bits per heavy atom. The highest BCUT2D eigenvalue weighted by molar-refractivity contribution is 6.03. The standard InChI is InChI=1S/C56H98N16O17/c1-25(57)33(73)65-49(9,10)41(81)58-26(2)34(74)66-50(11,12)42(82)59-27(3)35(75)67-51(13,14)43(83)60-28(4)36(76)68-52(15,16)44(84)61-29(5)37(77)69-53(17,18)45(85)62-30(6)38(78)70-54(19,20)46(86)63-31(7)39(79)71-55(21,22)47(87)64-32(8)40(80)72-56(23,24)48(88)89/h25-32H,57H2,1-24H3,(H,58,81)(H,59,82)(H,60,83)(H,61,84)(H,62,85)(H,63,86)(H,64,87)(H,65,73)(H,66,74)(H,67,75)(H,68,76)(H,69,77)(H,70,78)(H,71,79)(H,72,80)(H,88,89). The molecule has 8 atom stereocenters. The van der Waals surface area contributed by atoms with Crippen LogP contribution in [0.25, 0.3) is 0 Å². The van der Waals surface area contributed by atoms with Crippen molar-refractivity contribution in [2.45, 2.75) is 259 Å². The SMILES string of the molecule is CC(N)C(=O)NC(C)(C)C(=O)NC(C)C(=O)NC(C)(C)C(=O)NC(C)C(=O)NC(C)(C)C(=O)NC(C)C(=O)NC(C)(C)C(=O)NC(C)C(=O)NC(C)(C)C(=O)NC(C)C(=O)NC(C)(C)C(=O)NC(C)C(=O)NC(C)(C)C(=O)NC(C)C(=O)NC(C)(C)C(=O)O. The van der Waals surface area contributed by atoms with E-state index in [0.29, 0.717) is 0 Å². The molecular weight excluding hydrogens is 1170 g/mol. The Balaban J connectivity index is 5.46. The molecule has 0 aliphatic heterocycles. The summed E-state index contributed by atoms with van der Waals surface area (Å²) in [5.41, 5.74) is -7.67. The van der Waals surface area contributed by atoms with Gasteiger partial charge in [-0.3, -0.25) is 71.9 Å². The number of carbonyl (C=O) groups is 16. The number of carbonyl (C=O) groups excluding carboxylic acids is 15. The molecule has 18 N–H and O–H groups in total. The number of carboxylic acid groups (broad SMARTS) is 1. The van der Waals surface area contributed by atoms with Crippen LogP contribution in [0.3, 0.4) is 0 Å². The minimum absolute atomic E-state index is 0.601. The number of nitrogens with one attached hydrogen (secondary N) is 15. The van der Waals surface area contributed by atoms with Gasteiger partial charge in [-0.15, -0.1) is 0 Å². The summed E-state index contributed by atoms with van der Waals surface area (Å²) in [7, 11) is 0. The van der Waals surface area contributed by atoms with Crippen LogP contribution in [-0.4, -0.2) is 192 Å². The number of rotatable bonds is 31. The number of amides is 15. The third kappa shape index (κ3) is 24.5. The first-order valence-electron chi connectivity index (χ1n) is 28.5. The van der Waals surface area contributed by atoms with Gasteiger partial charge in [0.05, 0.1) is 6.04 Å². The van der Waals surface area contributed by atoms with Gasteiger partial charge in [0.2, 0.25) is 88.6 Å². The van der Waals surface area contributed by atoms with Crippen molar-refractivity contribution in [3.8, 4) is 0 Å². The fourth-order valence-electron chi connectivity index (χ4n) is 6.88. The van der Waals surface area contributed by atoms with E-state index < -0.39 is 187 Å². The quantitative estimate of drug-likeness (QED) is 0.0309. The summed E-state index contributed by atoms with van der Waals surface area (Å²) in [6.07, 6.45) is 0. The van der Waals surface area contributed by atoms with Gasteiger partial charge in [-0.25, -0.2) is 4.79 Å². The Kier molecular flexibility index (Phi) is 27.7. The zero-order valence-corrected chi connectivity index (χ0v) is 55.7. The molecule has 0 radical (unpaired) electrons. The van der Waals surface area contributed by atoms with Crippen molar-refractivity contribution in [3.05, 3.63) is 0 Å². The first-order valence-corrected chi connectivity index (χ1v) is 28.5. The van der Waals surface area contributed by atoms with Gasteiger partial charge in [-0.2, -0.15) is 0 Å². The van der Waals surface area contributed by atoms with Crippen LogP contribution in [0.5, 0.6) is 0 Å². The number of carboxylic acids is 1. The molecule has 33 heteroatoms. The topological polar surface area (TPSA) is 500 Å². The molecule has 8 unspecified atom stereocenters. The lowest BCUT2D eigenvalue weighted by atomic mass is 10.0. The van der Waals surface area contributed by atoms with Crippen molar-refractivity contribution in [1.82, 2.24) is 79.8 Å². The fraction of sp³-hybridized carbons (Fsp3) is 0.714. The molecule has 0 fully saturated rings. The molecular formula is C56H98N16O17. The lowest BCUT2D eigenvalue weighted by molar-refractivity contribution is -0.146. The molecule has 0 bridgehead atoms. The van der Waals surface area contributed by atoms with Crippen molar-refractivity contribution in [1.29, 1.82) is 0 Å². The predicted molar refractivity (Wildman–Crippen MR) is 322 cm³/mol. The van der Waals surface area contributed by atoms with Gasteiger partial charge in [0.1, 0.15) is 86.6 Å². The summed E-state index contributed by atoms with van der Waals surface area (Å²) < 4.78 is 0. The van der Waals surface area contributed by atoms with E-state index in [1.807, 2.05) is 0 Å². The molecule has 89 heavy (non-hydrogen) atoms. The fourth-order valence-corrected chi connectivity index (χ4v) is 6.88. The van der Waals surface area contributed by atoms with Gasteiger partial charge in [0.15, 0.2) is 0 Å². The van der Waals surface area contributed by atoms with E-state index in [1.54, 1.807) is 0 Å². The van der Waals surface area contributed by atoms with E-state index in [4.69, 9.17) is 5.73 Å². The lowest BCUT2D eigenvalue weighted by Gasteiger charge is -2.32. The lowest BCUT2D eigenvalue weighted by Crippen LogP contribution is -2.65. The maximum atomic E-state index is 13.5. The molecule has 33 nitrogen and oxygen atoms in total. The summed E-state index contributed by atoms with van der Waals surface area (Å²) in [5, 5.41) is 46.0. The van der Waals surface area contributed by atoms with Crippen molar-refractivity contribution < 1.29 is 81.8 Å². The number of hydrogen-bond acceptors (Lipinski definition) is 17. The summed E-state index contributed by atoms with van der Waals surface area (Å²) in [6.45, 7) is 31.7. The zero-order valence-electron chi connectivity index (χ0n) is 55.7. The number of nitrogens with two attached hydrogens (primary N) is 1. The monoisotopic (exact) mass is 1270 g/mol. The van der Waals surface area contributed by atoms with Crippen LogP contribution in [0.4, 0.5) is 0 Å². The highest BCUT2D eigenvalue weighted by atomic mass is 16.4. The second kappa shape index (κ2) is 30.6. The second-order valence-corrected chi connectivity index (χ2v) is 26.4. The number of hydrogen-bond donors (Lipinski definition) is 17. The Morgan fingerprint density at radius 2 is 0.348 bits per heavy atom. The van der Waals surface area contributed by atoms with E-state index in [2.05, 4.69) is 79.8 Å². The minimum atomic E-state index is -1.73. The first-order chi connectivity index (χ1) is 39.8. The molecule has 0 spiro atoms. The summed E-state index contributed by atoms with van der Waals surface area (Å²) >= 11 is 0. The molecule has 0 aliphatic carbocycles. The average Bonchev–Trinajstić information content (AvgIpc) is 3.48. The Bertz CT molecular complexity index is 2770. The van der Waals surface area contributed by atoms with E-state index >= 15 is 0 Å². The molecule has 0 aromatic heterocycles. The summed E-state index contributed by atoms with van der Waals surface area (Å²) in [4.78, 5) is 208. The highest BCUT2D eigenvalue weighted by Gasteiger charge is 2.42. The Morgan fingerprint density at radius 1 is 0.236 bits per heavy atom. The van der Waals surface area contributed by atoms with Gasteiger partial charge in [0, 0.05) is 0 Å². The normalized spacial score (nSPS) is 15.0. The average molecular weight is 1270 g/mol. The smallest absolute Gasteiger partial charge is 0.328 e. The molecule has 0 saturated heterocycles. The summed E-state index contributed by atoms with van der Waals surface area (Å²) in [5.74, 6) is -13.6. The third-order valence-electron chi connectivity index (χ3n) is 13.6. The van der Waals surface area contributed by atoms with E-state index in [-0.39, 0.29) is 0 Å². The first kappa shape index (κ1) is 80.5. The molecule has 0 saturated carbocycles. The van der Waals surface area contributed by atoms with Crippen LogP contribution in [-0.2, 0) is 76.7 Å². The minimum Gasteiger partial charge on any atom is -0.480 e. The molecule has 15 amide bonds. The van der Waals surface area contributed by atoms with Crippen LogP contribution < -0.4 is 85.5 Å². The van der Waals surface area contributed by atoms with Gasteiger partial charge in [-0.05, 0) is 166 Å². The van der Waals surface area contributed by atoms with Gasteiger partial charge in [0.25, 0.3) is 0 Å². The zero-order chi connectivity index (χ0) is 70.5. The maximum Gasteiger partial charge on any atom is 0.328 e. The Hall–Kier alpha value is -8.52. The number of aliphatic carboxylic acids is 1. The van der Waals surface area contributed by atoms with Gasteiger partial charge >= 0.3 is 5.97 Å². The molecule has 504 valence electrons. The van der Waals surface area contributed by atoms with Crippen molar-refractivity contribution in [2.24, 2.45) is 5.73 Å². The molecule has 0 aliphatic rings. The van der Waals surface area contributed by atoms with Crippen LogP contribution in [0.1, 0.15) is 166 Å². The van der Waals surface area contributed by atoms with Crippen LogP contribution in [0.2, 0.25) is 0 Å². The van der Waals surface area contributed by atoms with Crippen LogP contribution in [0.15, 0.2) is 0 Å². The van der Waals surface area contributed by atoms with Crippen LogP contribution in [0, 0.1) is 0 Å².